The summed E-state index contributed by atoms with van der Waals surface area (Å²) in [6.45, 7) is 7.10. The molecule has 1 aliphatic rings. The van der Waals surface area contributed by atoms with Gasteiger partial charge in [0.05, 0.1) is 22.0 Å². The Bertz CT molecular complexity index is 1010. The highest BCUT2D eigenvalue weighted by Gasteiger charge is 2.46. The summed E-state index contributed by atoms with van der Waals surface area (Å²) in [4.78, 5) is 0. The summed E-state index contributed by atoms with van der Waals surface area (Å²) in [6, 6.07) is 27.2. The Kier molecular flexibility index (Phi) is 5.42. The quantitative estimate of drug-likeness (QED) is 0.364. The molecule has 2 nitrogen and oxygen atoms in total. The van der Waals surface area contributed by atoms with Crippen molar-refractivity contribution in [3.8, 4) is 11.1 Å². The van der Waals surface area contributed by atoms with Crippen LogP contribution in [0.15, 0.2) is 72.8 Å². The lowest BCUT2D eigenvalue weighted by atomic mass is 9.83. The minimum atomic E-state index is -1.52. The van der Waals surface area contributed by atoms with E-state index in [1.165, 1.54) is 22.0 Å². The van der Waals surface area contributed by atoms with Crippen LogP contribution in [-0.2, 0) is 9.47 Å². The predicted octanol–water partition coefficient (Wildman–Crippen LogP) is 3.95. The normalized spacial score (nSPS) is 18.9. The van der Waals surface area contributed by atoms with Crippen LogP contribution in [0.4, 0.5) is 0 Å². The van der Waals surface area contributed by atoms with Gasteiger partial charge in [0, 0.05) is 23.8 Å². The lowest BCUT2D eigenvalue weighted by molar-refractivity contribution is -0.109. The van der Waals surface area contributed by atoms with E-state index in [1.807, 2.05) is 0 Å². The standard InChI is InChI=1S/C25H30BO2P/c1-25(2,3)24(28-17-27-4)21-15-10-14-20-19-13-8-9-16-22(19)29(26,23(20)21)18-11-6-5-7-12-18/h5-16,24H,17H2,1-4,26H3/t24-,29?/m1/s1. The minimum absolute atomic E-state index is 0.00653. The smallest absolute Gasteiger partial charge is 0.147 e. The Morgan fingerprint density at radius 2 is 1.52 bits per heavy atom. The highest BCUT2D eigenvalue weighted by Crippen LogP contribution is 2.60. The summed E-state index contributed by atoms with van der Waals surface area (Å²) in [5.74, 6) is 0. The molecule has 1 heterocycles. The lowest BCUT2D eigenvalue weighted by Crippen LogP contribution is -2.33. The Morgan fingerprint density at radius 3 is 2.21 bits per heavy atom. The largest absolute Gasteiger partial charge is 0.359 e. The third-order valence-electron chi connectivity index (χ3n) is 5.16. The molecule has 0 saturated carbocycles. The molecule has 3 aromatic rings. The summed E-state index contributed by atoms with van der Waals surface area (Å²) < 4.78 is 11.6. The zero-order valence-electron chi connectivity index (χ0n) is 17.0. The third-order valence-corrected chi connectivity index (χ3v) is 7.79. The van der Waals surface area contributed by atoms with Gasteiger partial charge in [-0.2, -0.15) is 0 Å². The maximum Gasteiger partial charge on any atom is 0.147 e. The average molecular weight is 404 g/mol. The van der Waals surface area contributed by atoms with Crippen molar-refractivity contribution in [3.05, 3.63) is 78.4 Å². The molecule has 0 bridgehead atoms. The molecule has 150 valence electrons. The lowest BCUT2D eigenvalue weighted by Gasteiger charge is -2.35. The summed E-state index contributed by atoms with van der Waals surface area (Å²) in [6.07, 6.45) is -0.00653. The fourth-order valence-electron chi connectivity index (χ4n) is 4.04. The molecule has 2 atom stereocenters. The first-order valence-corrected chi connectivity index (χ1v) is 11.0. The van der Waals surface area contributed by atoms with E-state index in [0.29, 0.717) is 6.79 Å². The molecular formula is C25H30BO2P. The van der Waals surface area contributed by atoms with E-state index < -0.39 is 7.14 Å². The fourth-order valence-corrected chi connectivity index (χ4v) is 6.85. The number of hydrogen-bond acceptors (Lipinski definition) is 2. The van der Waals surface area contributed by atoms with Gasteiger partial charge in [-0.25, -0.2) is 0 Å². The first-order chi connectivity index (χ1) is 13.9. The zero-order chi connectivity index (χ0) is 20.6. The number of ether oxygens (including phenoxy) is 2. The minimum Gasteiger partial charge on any atom is -0.359 e. The van der Waals surface area contributed by atoms with Gasteiger partial charge in [0.2, 0.25) is 0 Å². The third kappa shape index (κ3) is 3.36. The van der Waals surface area contributed by atoms with Crippen molar-refractivity contribution in [1.82, 2.24) is 0 Å². The highest BCUT2D eigenvalue weighted by molar-refractivity contribution is 8.14. The van der Waals surface area contributed by atoms with Crippen molar-refractivity contribution >= 4 is 30.6 Å². The van der Waals surface area contributed by atoms with E-state index in [4.69, 9.17) is 9.47 Å². The van der Waals surface area contributed by atoms with Crippen molar-refractivity contribution in [2.24, 2.45) is 5.41 Å². The van der Waals surface area contributed by atoms with Gasteiger partial charge in [-0.3, -0.25) is 0 Å². The molecule has 4 heteroatoms. The average Bonchev–Trinajstić information content (AvgIpc) is 2.99. The first kappa shape index (κ1) is 20.4. The van der Waals surface area contributed by atoms with Crippen LogP contribution in [0.1, 0.15) is 32.4 Å². The molecule has 0 saturated heterocycles. The Hall–Kier alpha value is -1.93. The zero-order valence-corrected chi connectivity index (χ0v) is 17.9. The number of benzene rings is 3. The van der Waals surface area contributed by atoms with Crippen LogP contribution in [0.3, 0.4) is 0 Å². The van der Waals surface area contributed by atoms with E-state index in [-0.39, 0.29) is 19.1 Å². The second-order valence-electron chi connectivity index (χ2n) is 8.25. The van der Waals surface area contributed by atoms with Gasteiger partial charge >= 0.3 is 0 Å². The van der Waals surface area contributed by atoms with Gasteiger partial charge in [-0.05, 0) is 23.6 Å². The number of hydrogen-bond donors (Lipinski definition) is 0. The van der Waals surface area contributed by atoms with Gasteiger partial charge in [0.15, 0.2) is 0 Å². The molecule has 0 spiro atoms. The van der Waals surface area contributed by atoms with Crippen molar-refractivity contribution in [2.45, 2.75) is 26.9 Å². The van der Waals surface area contributed by atoms with Gasteiger partial charge in [0.25, 0.3) is 0 Å². The summed E-state index contributed by atoms with van der Waals surface area (Å²) in [5.41, 5.74) is 4.18. The van der Waals surface area contributed by atoms with Gasteiger partial charge < -0.3 is 9.47 Å². The van der Waals surface area contributed by atoms with Gasteiger partial charge in [-0.1, -0.05) is 82.5 Å². The number of fused-ring (bicyclic) bond motifs is 3. The SMILES string of the molecule is [BH3-][P+]1(c2ccccc2)c2ccccc2-c2cccc([C@@H](OCOC)C(C)(C)C)c21. The van der Waals surface area contributed by atoms with E-state index in [9.17, 15) is 0 Å². The van der Waals surface area contributed by atoms with Crippen molar-refractivity contribution in [2.75, 3.05) is 13.9 Å². The van der Waals surface area contributed by atoms with Crippen molar-refractivity contribution < 1.29 is 9.47 Å². The van der Waals surface area contributed by atoms with Gasteiger partial charge in [0.1, 0.15) is 14.4 Å². The van der Waals surface area contributed by atoms with E-state index in [1.54, 1.807) is 17.7 Å². The molecule has 0 aliphatic carbocycles. The number of methoxy groups -OCH3 is 1. The second kappa shape index (κ2) is 7.72. The van der Waals surface area contributed by atoms with Gasteiger partial charge in [-0.15, -0.1) is 0 Å². The maximum atomic E-state index is 6.32. The molecule has 3 aromatic carbocycles. The summed E-state index contributed by atoms with van der Waals surface area (Å²) in [7, 11) is 0.161. The topological polar surface area (TPSA) is 18.5 Å². The number of rotatable bonds is 5. The van der Waals surface area contributed by atoms with Crippen LogP contribution in [0, 0.1) is 5.41 Å². The monoisotopic (exact) mass is 404 g/mol. The molecule has 0 amide bonds. The molecule has 0 N–H and O–H groups in total. The molecule has 0 fully saturated rings. The first-order valence-electron chi connectivity index (χ1n) is 9.70. The molecule has 4 rings (SSSR count). The summed E-state index contributed by atoms with van der Waals surface area (Å²) >= 11 is 0. The molecule has 1 unspecified atom stereocenters. The Balaban J connectivity index is 2.02. The van der Waals surface area contributed by atoms with Crippen LogP contribution in [-0.4, -0.2) is 21.5 Å². The van der Waals surface area contributed by atoms with Crippen molar-refractivity contribution in [3.63, 3.8) is 0 Å². The predicted molar refractivity (Wildman–Crippen MR) is 129 cm³/mol. The van der Waals surface area contributed by atoms with Crippen LogP contribution >= 0.6 is 7.14 Å². The van der Waals surface area contributed by atoms with Crippen LogP contribution < -0.4 is 15.9 Å². The second-order valence-corrected chi connectivity index (χ2v) is 10.4. The maximum absolute atomic E-state index is 6.32. The fraction of sp³-hybridized carbons (Fsp3) is 0.280. The molecule has 29 heavy (non-hydrogen) atoms. The molecular weight excluding hydrogens is 374 g/mol. The Labute approximate surface area is 176 Å². The van der Waals surface area contributed by atoms with E-state index in [0.717, 1.165) is 0 Å². The molecule has 0 radical (unpaired) electrons. The Morgan fingerprint density at radius 1 is 0.862 bits per heavy atom. The molecule has 0 aromatic heterocycles. The van der Waals surface area contributed by atoms with Crippen molar-refractivity contribution in [1.29, 1.82) is 0 Å². The van der Waals surface area contributed by atoms with E-state index in [2.05, 4.69) is 93.6 Å². The van der Waals surface area contributed by atoms with Crippen LogP contribution in [0.5, 0.6) is 0 Å². The van der Waals surface area contributed by atoms with Crippen LogP contribution in [0.25, 0.3) is 11.1 Å². The van der Waals surface area contributed by atoms with Crippen LogP contribution in [0.2, 0.25) is 0 Å². The molecule has 1 aliphatic heterocycles. The highest BCUT2D eigenvalue weighted by atomic mass is 31.2. The van der Waals surface area contributed by atoms with E-state index >= 15 is 0 Å². The summed E-state index contributed by atoms with van der Waals surface area (Å²) in [5, 5.41) is 4.68.